The Balaban J connectivity index is 2.26. The zero-order chi connectivity index (χ0) is 17.3. The lowest BCUT2D eigenvalue weighted by Crippen LogP contribution is -2.07. The summed E-state index contributed by atoms with van der Waals surface area (Å²) in [4.78, 5) is 0. The van der Waals surface area contributed by atoms with E-state index in [9.17, 15) is 0 Å². The summed E-state index contributed by atoms with van der Waals surface area (Å²) in [6, 6.07) is 20.6. The highest BCUT2D eigenvalue weighted by Crippen LogP contribution is 2.38. The molecule has 0 heterocycles. The zero-order valence-corrected chi connectivity index (χ0v) is 16.6. The topological polar surface area (TPSA) is 0 Å². The van der Waals surface area contributed by atoms with Crippen molar-refractivity contribution < 1.29 is 0 Å². The van der Waals surface area contributed by atoms with E-state index in [-0.39, 0.29) is 5.92 Å². The largest absolute Gasteiger partial charge is 0.0843 e. The van der Waals surface area contributed by atoms with Crippen LogP contribution in [0.1, 0.15) is 33.7 Å². The lowest BCUT2D eigenvalue weighted by atomic mass is 9.81. The molecule has 0 spiro atoms. The van der Waals surface area contributed by atoms with Crippen LogP contribution in [-0.4, -0.2) is 0 Å². The summed E-state index contributed by atoms with van der Waals surface area (Å²) in [5.41, 5.74) is 6.05. The van der Waals surface area contributed by atoms with E-state index in [1.807, 2.05) is 12.1 Å². The molecule has 24 heavy (non-hydrogen) atoms. The van der Waals surface area contributed by atoms with Crippen molar-refractivity contribution in [2.45, 2.75) is 19.8 Å². The monoisotopic (exact) mass is 418 g/mol. The Kier molecular flexibility index (Phi) is 5.34. The lowest BCUT2D eigenvalue weighted by molar-refractivity contribution is 0.949. The standard InChI is InChI=1S/C21H17BrCl2/c1-13-3-9-17(23)11-19(13)21(15-5-7-16(22)8-6-15)20-12-18(24)10-4-14(20)2/h3-12,21H,1-2H3. The Morgan fingerprint density at radius 3 is 1.62 bits per heavy atom. The number of halogens is 3. The van der Waals surface area contributed by atoms with Crippen molar-refractivity contribution >= 4 is 39.1 Å². The maximum absolute atomic E-state index is 6.30. The summed E-state index contributed by atoms with van der Waals surface area (Å²) >= 11 is 16.1. The number of aryl methyl sites for hydroxylation is 2. The molecule has 0 unspecified atom stereocenters. The van der Waals surface area contributed by atoms with E-state index in [1.165, 1.54) is 27.8 Å². The van der Waals surface area contributed by atoms with Crippen molar-refractivity contribution in [2.75, 3.05) is 0 Å². The van der Waals surface area contributed by atoms with Gasteiger partial charge in [0.25, 0.3) is 0 Å². The molecule has 3 rings (SSSR count). The lowest BCUT2D eigenvalue weighted by Gasteiger charge is -2.23. The molecule has 0 saturated carbocycles. The smallest absolute Gasteiger partial charge is 0.0409 e. The van der Waals surface area contributed by atoms with Gasteiger partial charge in [-0.3, -0.25) is 0 Å². The van der Waals surface area contributed by atoms with Crippen LogP contribution in [0.25, 0.3) is 0 Å². The van der Waals surface area contributed by atoms with Crippen molar-refractivity contribution in [1.29, 1.82) is 0 Å². The van der Waals surface area contributed by atoms with Crippen LogP contribution in [0.5, 0.6) is 0 Å². The van der Waals surface area contributed by atoms with Gasteiger partial charge >= 0.3 is 0 Å². The fourth-order valence-electron chi connectivity index (χ4n) is 3.03. The highest BCUT2D eigenvalue weighted by atomic mass is 79.9. The molecule has 0 N–H and O–H groups in total. The van der Waals surface area contributed by atoms with Crippen molar-refractivity contribution in [3.63, 3.8) is 0 Å². The van der Waals surface area contributed by atoms with E-state index in [1.54, 1.807) is 0 Å². The van der Waals surface area contributed by atoms with Crippen molar-refractivity contribution in [3.8, 4) is 0 Å². The minimum Gasteiger partial charge on any atom is -0.0843 e. The van der Waals surface area contributed by atoms with Gasteiger partial charge in [-0.25, -0.2) is 0 Å². The van der Waals surface area contributed by atoms with Crippen molar-refractivity contribution in [1.82, 2.24) is 0 Å². The number of hydrogen-bond donors (Lipinski definition) is 0. The Morgan fingerprint density at radius 2 is 1.17 bits per heavy atom. The molecule has 0 bridgehead atoms. The van der Waals surface area contributed by atoms with Crippen LogP contribution in [0.15, 0.2) is 65.1 Å². The fraction of sp³-hybridized carbons (Fsp3) is 0.143. The van der Waals surface area contributed by atoms with E-state index in [0.29, 0.717) is 0 Å². The van der Waals surface area contributed by atoms with Gasteiger partial charge in [-0.2, -0.15) is 0 Å². The zero-order valence-electron chi connectivity index (χ0n) is 13.5. The first-order chi connectivity index (χ1) is 11.5. The summed E-state index contributed by atoms with van der Waals surface area (Å²) < 4.78 is 1.07. The van der Waals surface area contributed by atoms with E-state index in [2.05, 4.69) is 78.3 Å². The molecule has 0 aromatic heterocycles. The second-order valence-electron chi connectivity index (χ2n) is 5.99. The molecular formula is C21H17BrCl2. The highest BCUT2D eigenvalue weighted by Gasteiger charge is 2.21. The Bertz CT molecular complexity index is 818. The first kappa shape index (κ1) is 17.5. The van der Waals surface area contributed by atoms with Crippen molar-refractivity contribution in [3.05, 3.63) is 103 Å². The van der Waals surface area contributed by atoms with Gasteiger partial charge in [-0.15, -0.1) is 0 Å². The summed E-state index contributed by atoms with van der Waals surface area (Å²) in [5, 5.41) is 1.50. The SMILES string of the molecule is Cc1ccc(Cl)cc1C(c1ccc(Br)cc1)c1cc(Cl)ccc1C. The minimum absolute atomic E-state index is 0.0931. The van der Waals surface area contributed by atoms with Crippen LogP contribution < -0.4 is 0 Å². The molecule has 0 nitrogen and oxygen atoms in total. The average Bonchev–Trinajstić information content (AvgIpc) is 2.56. The molecule has 0 fully saturated rings. The molecule has 3 aromatic rings. The van der Waals surface area contributed by atoms with Crippen LogP contribution >= 0.6 is 39.1 Å². The van der Waals surface area contributed by atoms with E-state index in [0.717, 1.165) is 14.5 Å². The fourth-order valence-corrected chi connectivity index (χ4v) is 3.65. The maximum Gasteiger partial charge on any atom is 0.0409 e. The molecule has 122 valence electrons. The van der Waals surface area contributed by atoms with Crippen LogP contribution in [0, 0.1) is 13.8 Å². The van der Waals surface area contributed by atoms with Crippen molar-refractivity contribution in [2.24, 2.45) is 0 Å². The number of rotatable bonds is 3. The highest BCUT2D eigenvalue weighted by molar-refractivity contribution is 9.10. The third-order valence-corrected chi connectivity index (χ3v) is 5.31. The molecule has 0 atom stereocenters. The van der Waals surface area contributed by atoms with E-state index >= 15 is 0 Å². The van der Waals surface area contributed by atoms with E-state index < -0.39 is 0 Å². The van der Waals surface area contributed by atoms with Gasteiger partial charge in [0.2, 0.25) is 0 Å². The molecular weight excluding hydrogens is 403 g/mol. The summed E-state index contributed by atoms with van der Waals surface area (Å²) in [6.45, 7) is 4.24. The molecule has 0 amide bonds. The number of hydrogen-bond acceptors (Lipinski definition) is 0. The molecule has 3 aromatic carbocycles. The molecule has 0 radical (unpaired) electrons. The quantitative estimate of drug-likeness (QED) is 0.384. The van der Waals surface area contributed by atoms with Gasteiger partial charge in [0.1, 0.15) is 0 Å². The van der Waals surface area contributed by atoms with Crippen LogP contribution in [-0.2, 0) is 0 Å². The molecule has 0 aliphatic carbocycles. The average molecular weight is 420 g/mol. The second kappa shape index (κ2) is 7.31. The third-order valence-electron chi connectivity index (χ3n) is 4.31. The van der Waals surface area contributed by atoms with Gasteiger partial charge in [0.05, 0.1) is 0 Å². The maximum atomic E-state index is 6.30. The minimum atomic E-state index is 0.0931. The number of benzene rings is 3. The van der Waals surface area contributed by atoms with Crippen LogP contribution in [0.3, 0.4) is 0 Å². The Morgan fingerprint density at radius 1 is 0.708 bits per heavy atom. The van der Waals surface area contributed by atoms with Crippen LogP contribution in [0.4, 0.5) is 0 Å². The predicted octanol–water partition coefficient (Wildman–Crippen LogP) is 7.55. The molecule has 0 aliphatic heterocycles. The van der Waals surface area contributed by atoms with Gasteiger partial charge in [-0.1, -0.05) is 63.4 Å². The Labute approximate surface area is 161 Å². The van der Waals surface area contributed by atoms with E-state index in [4.69, 9.17) is 23.2 Å². The van der Waals surface area contributed by atoms with Gasteiger partial charge in [0.15, 0.2) is 0 Å². The first-order valence-corrected chi connectivity index (χ1v) is 9.28. The summed E-state index contributed by atoms with van der Waals surface area (Å²) in [5.74, 6) is 0.0931. The normalized spacial score (nSPS) is 11.1. The second-order valence-corrected chi connectivity index (χ2v) is 7.77. The van der Waals surface area contributed by atoms with Gasteiger partial charge in [-0.05, 0) is 78.1 Å². The molecule has 0 aliphatic rings. The van der Waals surface area contributed by atoms with Crippen LogP contribution in [0.2, 0.25) is 10.0 Å². The summed E-state index contributed by atoms with van der Waals surface area (Å²) in [7, 11) is 0. The predicted molar refractivity (Wildman–Crippen MR) is 107 cm³/mol. The molecule has 3 heteroatoms. The summed E-state index contributed by atoms with van der Waals surface area (Å²) in [6.07, 6.45) is 0. The third kappa shape index (κ3) is 3.69. The van der Waals surface area contributed by atoms with Gasteiger partial charge < -0.3 is 0 Å². The molecule has 0 saturated heterocycles. The van der Waals surface area contributed by atoms with Gasteiger partial charge in [0, 0.05) is 20.4 Å². The Hall–Kier alpha value is -1.28. The first-order valence-electron chi connectivity index (χ1n) is 7.73.